The zero-order chi connectivity index (χ0) is 13.9. The second-order valence-corrected chi connectivity index (χ2v) is 5.19. The number of benzene rings is 2. The molecule has 3 rings (SSSR count). The topological polar surface area (TPSA) is 66.9 Å². The van der Waals surface area contributed by atoms with E-state index < -0.39 is 0 Å². The van der Waals surface area contributed by atoms with Crippen LogP contribution in [0.15, 0.2) is 42.5 Å². The summed E-state index contributed by atoms with van der Waals surface area (Å²) in [6.45, 7) is 2.00. The van der Waals surface area contributed by atoms with Gasteiger partial charge in [-0.3, -0.25) is 0 Å². The summed E-state index contributed by atoms with van der Waals surface area (Å²) in [5.41, 5.74) is 3.37. The fourth-order valence-electron chi connectivity index (χ4n) is 1.79. The molecule has 5 nitrogen and oxygen atoms in total. The SMILES string of the molecule is Cc1ccc(NC(=O)Nc2ccc3snnc3c2)cc1. The molecule has 1 heterocycles. The van der Waals surface area contributed by atoms with E-state index in [4.69, 9.17) is 0 Å². The number of nitrogens with one attached hydrogen (secondary N) is 2. The molecule has 6 heteroatoms. The van der Waals surface area contributed by atoms with Crippen molar-refractivity contribution in [1.82, 2.24) is 9.59 Å². The lowest BCUT2D eigenvalue weighted by atomic mass is 10.2. The van der Waals surface area contributed by atoms with Crippen LogP contribution in [0, 0.1) is 6.92 Å². The standard InChI is InChI=1S/C14H12N4OS/c1-9-2-4-10(5-3-9)15-14(19)16-11-6-7-13-12(8-11)17-18-20-13/h2-8H,1H3,(H2,15,16,19). The maximum atomic E-state index is 11.9. The fourth-order valence-corrected chi connectivity index (χ4v) is 2.33. The number of rotatable bonds is 2. The van der Waals surface area contributed by atoms with Crippen molar-refractivity contribution in [3.05, 3.63) is 48.0 Å². The molecule has 2 aromatic carbocycles. The van der Waals surface area contributed by atoms with Crippen molar-refractivity contribution in [2.24, 2.45) is 0 Å². The number of urea groups is 1. The Hall–Kier alpha value is -2.47. The van der Waals surface area contributed by atoms with Crippen LogP contribution in [-0.4, -0.2) is 15.6 Å². The van der Waals surface area contributed by atoms with Gasteiger partial charge in [0.05, 0.1) is 4.70 Å². The maximum absolute atomic E-state index is 11.9. The molecule has 0 saturated heterocycles. The number of carbonyl (C=O) groups excluding carboxylic acids is 1. The summed E-state index contributed by atoms with van der Waals surface area (Å²) >= 11 is 1.33. The van der Waals surface area contributed by atoms with Crippen LogP contribution in [0.5, 0.6) is 0 Å². The molecule has 2 N–H and O–H groups in total. The van der Waals surface area contributed by atoms with Crippen molar-refractivity contribution in [2.45, 2.75) is 6.92 Å². The van der Waals surface area contributed by atoms with Crippen LogP contribution in [0.2, 0.25) is 0 Å². The molecule has 1 aromatic heterocycles. The first kappa shape index (κ1) is 12.6. The first-order valence-corrected chi connectivity index (χ1v) is 6.85. The Morgan fingerprint density at radius 1 is 1.05 bits per heavy atom. The summed E-state index contributed by atoms with van der Waals surface area (Å²) in [4.78, 5) is 11.9. The van der Waals surface area contributed by atoms with Crippen LogP contribution in [0.4, 0.5) is 16.2 Å². The zero-order valence-electron chi connectivity index (χ0n) is 10.8. The number of amides is 2. The molecule has 0 unspecified atom stereocenters. The number of hydrogen-bond donors (Lipinski definition) is 2. The van der Waals surface area contributed by atoms with E-state index in [0.717, 1.165) is 21.5 Å². The molecule has 100 valence electrons. The Morgan fingerprint density at radius 3 is 2.55 bits per heavy atom. The summed E-state index contributed by atoms with van der Waals surface area (Å²) in [6.07, 6.45) is 0. The van der Waals surface area contributed by atoms with E-state index in [9.17, 15) is 4.79 Å². The maximum Gasteiger partial charge on any atom is 0.323 e. The van der Waals surface area contributed by atoms with Crippen LogP contribution < -0.4 is 10.6 Å². The average molecular weight is 284 g/mol. The van der Waals surface area contributed by atoms with E-state index in [1.807, 2.05) is 43.3 Å². The minimum Gasteiger partial charge on any atom is -0.308 e. The lowest BCUT2D eigenvalue weighted by molar-refractivity contribution is 0.262. The number of nitrogens with zero attached hydrogens (tertiary/aromatic N) is 2. The van der Waals surface area contributed by atoms with Gasteiger partial charge in [-0.05, 0) is 48.8 Å². The number of fused-ring (bicyclic) bond motifs is 1. The second kappa shape index (κ2) is 5.26. The highest BCUT2D eigenvalue weighted by molar-refractivity contribution is 7.12. The number of carbonyl (C=O) groups is 1. The average Bonchev–Trinajstić information content (AvgIpc) is 2.89. The first-order valence-electron chi connectivity index (χ1n) is 6.07. The van der Waals surface area contributed by atoms with Gasteiger partial charge < -0.3 is 10.6 Å². The van der Waals surface area contributed by atoms with Crippen molar-refractivity contribution in [1.29, 1.82) is 0 Å². The third kappa shape index (κ3) is 2.75. The smallest absolute Gasteiger partial charge is 0.308 e. The van der Waals surface area contributed by atoms with Crippen molar-refractivity contribution < 1.29 is 4.79 Å². The summed E-state index contributed by atoms with van der Waals surface area (Å²) in [7, 11) is 0. The second-order valence-electron chi connectivity index (χ2n) is 4.40. The molecule has 0 aliphatic rings. The molecule has 0 aliphatic heterocycles. The van der Waals surface area contributed by atoms with Gasteiger partial charge in [-0.25, -0.2) is 4.79 Å². The molecule has 0 aliphatic carbocycles. The van der Waals surface area contributed by atoms with Crippen molar-refractivity contribution in [3.63, 3.8) is 0 Å². The van der Waals surface area contributed by atoms with Crippen molar-refractivity contribution >= 4 is 39.2 Å². The highest BCUT2D eigenvalue weighted by Gasteiger charge is 2.04. The Kier molecular flexibility index (Phi) is 3.30. The zero-order valence-corrected chi connectivity index (χ0v) is 11.6. The molecule has 20 heavy (non-hydrogen) atoms. The van der Waals surface area contributed by atoms with Crippen molar-refractivity contribution in [2.75, 3.05) is 10.6 Å². The highest BCUT2D eigenvalue weighted by Crippen LogP contribution is 2.20. The van der Waals surface area contributed by atoms with Gasteiger partial charge in [0.15, 0.2) is 0 Å². The molecule has 0 radical (unpaired) electrons. The minimum absolute atomic E-state index is 0.281. The van der Waals surface area contributed by atoms with Gasteiger partial charge in [-0.15, -0.1) is 5.10 Å². The van der Waals surface area contributed by atoms with E-state index in [1.54, 1.807) is 6.07 Å². The Labute approximate surface area is 119 Å². The molecule has 0 saturated carbocycles. The number of hydrogen-bond acceptors (Lipinski definition) is 4. The van der Waals surface area contributed by atoms with Crippen LogP contribution in [0.25, 0.3) is 10.2 Å². The lowest BCUT2D eigenvalue weighted by Crippen LogP contribution is -2.19. The minimum atomic E-state index is -0.281. The normalized spacial score (nSPS) is 10.4. The Balaban J connectivity index is 1.70. The van der Waals surface area contributed by atoms with Crippen LogP contribution in [0.1, 0.15) is 5.56 Å². The third-order valence-electron chi connectivity index (χ3n) is 2.81. The molecule has 0 fully saturated rings. The molecule has 3 aromatic rings. The highest BCUT2D eigenvalue weighted by atomic mass is 32.1. The Bertz CT molecular complexity index is 751. The van der Waals surface area contributed by atoms with Gasteiger partial charge in [0.1, 0.15) is 5.52 Å². The van der Waals surface area contributed by atoms with Crippen LogP contribution >= 0.6 is 11.5 Å². The Morgan fingerprint density at radius 2 is 1.75 bits per heavy atom. The number of aromatic nitrogens is 2. The van der Waals surface area contributed by atoms with E-state index >= 15 is 0 Å². The quantitative estimate of drug-likeness (QED) is 0.755. The molecule has 0 bridgehead atoms. The largest absolute Gasteiger partial charge is 0.323 e. The third-order valence-corrected chi connectivity index (χ3v) is 3.52. The molecular formula is C14H12N4OS. The van der Waals surface area contributed by atoms with Gasteiger partial charge in [0.25, 0.3) is 0 Å². The summed E-state index contributed by atoms with van der Waals surface area (Å²) in [5.74, 6) is 0. The lowest BCUT2D eigenvalue weighted by Gasteiger charge is -2.07. The van der Waals surface area contributed by atoms with Gasteiger partial charge in [0.2, 0.25) is 0 Å². The number of anilines is 2. The molecule has 0 spiro atoms. The monoisotopic (exact) mass is 284 g/mol. The van der Waals surface area contributed by atoms with E-state index in [-0.39, 0.29) is 6.03 Å². The van der Waals surface area contributed by atoms with Crippen LogP contribution in [-0.2, 0) is 0 Å². The van der Waals surface area contributed by atoms with Gasteiger partial charge in [-0.2, -0.15) is 0 Å². The predicted octanol–water partition coefficient (Wildman–Crippen LogP) is 3.64. The predicted molar refractivity (Wildman–Crippen MR) is 81.2 cm³/mol. The van der Waals surface area contributed by atoms with Crippen molar-refractivity contribution in [3.8, 4) is 0 Å². The molecule has 2 amide bonds. The van der Waals surface area contributed by atoms with E-state index in [2.05, 4.69) is 20.2 Å². The van der Waals surface area contributed by atoms with Gasteiger partial charge in [0, 0.05) is 11.4 Å². The van der Waals surface area contributed by atoms with E-state index in [0.29, 0.717) is 5.69 Å². The molecular weight excluding hydrogens is 272 g/mol. The van der Waals surface area contributed by atoms with Gasteiger partial charge >= 0.3 is 6.03 Å². The summed E-state index contributed by atoms with van der Waals surface area (Å²) in [6, 6.07) is 12.9. The fraction of sp³-hybridized carbons (Fsp3) is 0.0714. The summed E-state index contributed by atoms with van der Waals surface area (Å²) in [5, 5.41) is 9.53. The summed E-state index contributed by atoms with van der Waals surface area (Å²) < 4.78 is 4.86. The van der Waals surface area contributed by atoms with Gasteiger partial charge in [-0.1, -0.05) is 22.2 Å². The molecule has 0 atom stereocenters. The number of aryl methyl sites for hydroxylation is 1. The van der Waals surface area contributed by atoms with Crippen LogP contribution in [0.3, 0.4) is 0 Å². The first-order chi connectivity index (χ1) is 9.70. The van der Waals surface area contributed by atoms with E-state index in [1.165, 1.54) is 11.5 Å².